The van der Waals surface area contributed by atoms with Crippen LogP contribution < -0.4 is 15.4 Å². The van der Waals surface area contributed by atoms with Crippen LogP contribution in [0.1, 0.15) is 17.2 Å². The Balaban J connectivity index is 1.83. The highest BCUT2D eigenvalue weighted by Crippen LogP contribution is 2.32. The zero-order valence-electron chi connectivity index (χ0n) is 15.4. The van der Waals surface area contributed by atoms with E-state index in [9.17, 15) is 9.59 Å². The topological polar surface area (TPSA) is 70.7 Å². The van der Waals surface area contributed by atoms with Crippen molar-refractivity contribution in [3.8, 4) is 5.75 Å². The first kappa shape index (κ1) is 18.5. The fraction of sp³-hybridized carbons (Fsp3) is 0.238. The minimum absolute atomic E-state index is 0.131. The number of urea groups is 1. The molecule has 27 heavy (non-hydrogen) atoms. The van der Waals surface area contributed by atoms with E-state index in [1.54, 1.807) is 14.1 Å². The van der Waals surface area contributed by atoms with Crippen LogP contribution in [0.15, 0.2) is 66.9 Å². The maximum Gasteiger partial charge on any atom is 0.319 e. The summed E-state index contributed by atoms with van der Waals surface area (Å²) in [4.78, 5) is 26.1. The molecule has 2 N–H and O–H groups in total. The Morgan fingerprint density at radius 2 is 1.89 bits per heavy atom. The molecule has 0 radical (unpaired) electrons. The maximum atomic E-state index is 12.6. The van der Waals surface area contributed by atoms with Crippen LogP contribution in [0.4, 0.5) is 4.79 Å². The van der Waals surface area contributed by atoms with Gasteiger partial charge < -0.3 is 20.3 Å². The summed E-state index contributed by atoms with van der Waals surface area (Å²) in [6.07, 6.45) is 0. The molecule has 3 amide bonds. The molecule has 6 heteroatoms. The van der Waals surface area contributed by atoms with E-state index in [0.717, 1.165) is 11.1 Å². The molecule has 1 saturated heterocycles. The molecular formula is C21H23N3O3. The van der Waals surface area contributed by atoms with Crippen LogP contribution in [-0.4, -0.2) is 30.9 Å². The van der Waals surface area contributed by atoms with Gasteiger partial charge in [0, 0.05) is 19.8 Å². The third-order valence-electron chi connectivity index (χ3n) is 4.44. The minimum atomic E-state index is -0.595. The van der Waals surface area contributed by atoms with Crippen LogP contribution in [0, 0.1) is 5.92 Å². The monoisotopic (exact) mass is 365 g/mol. The van der Waals surface area contributed by atoms with Crippen molar-refractivity contribution in [3.05, 3.63) is 78.0 Å². The molecule has 1 fully saturated rings. The van der Waals surface area contributed by atoms with Crippen molar-refractivity contribution in [2.75, 3.05) is 14.1 Å². The normalized spacial score (nSPS) is 19.0. The summed E-state index contributed by atoms with van der Waals surface area (Å²) in [5.74, 6) is -0.0546. The van der Waals surface area contributed by atoms with E-state index in [4.69, 9.17) is 4.74 Å². The number of hydrogen-bond acceptors (Lipinski definition) is 3. The summed E-state index contributed by atoms with van der Waals surface area (Å²) in [6.45, 7) is 4.31. The van der Waals surface area contributed by atoms with Gasteiger partial charge in [0.2, 0.25) is 5.91 Å². The van der Waals surface area contributed by atoms with E-state index in [1.807, 2.05) is 54.6 Å². The smallest absolute Gasteiger partial charge is 0.319 e. The Morgan fingerprint density at radius 1 is 1.15 bits per heavy atom. The van der Waals surface area contributed by atoms with Gasteiger partial charge in [0.15, 0.2) is 0 Å². The number of rotatable bonds is 5. The lowest BCUT2D eigenvalue weighted by Crippen LogP contribution is -2.52. The van der Waals surface area contributed by atoms with E-state index in [2.05, 4.69) is 17.2 Å². The van der Waals surface area contributed by atoms with Gasteiger partial charge >= 0.3 is 6.03 Å². The standard InChI is InChI=1S/C21H23N3O3/c1-14-18(20(25)24(2)3)19(23-21(26)22-14)16-10-7-11-17(12-16)27-13-15-8-5-4-6-9-15/h4-12,18-19H,1,13H2,2-3H3,(H2,22,23,26)/t18-,19-/m1/s1. The van der Waals surface area contributed by atoms with Gasteiger partial charge in [0.1, 0.15) is 18.3 Å². The second-order valence-electron chi connectivity index (χ2n) is 6.66. The summed E-state index contributed by atoms with van der Waals surface area (Å²) >= 11 is 0. The van der Waals surface area contributed by atoms with Gasteiger partial charge in [-0.05, 0) is 23.3 Å². The molecule has 1 aliphatic heterocycles. The van der Waals surface area contributed by atoms with Gasteiger partial charge in [-0.3, -0.25) is 4.79 Å². The molecule has 2 aromatic rings. The van der Waals surface area contributed by atoms with E-state index in [1.165, 1.54) is 4.90 Å². The quantitative estimate of drug-likeness (QED) is 0.856. The lowest BCUT2D eigenvalue weighted by molar-refractivity contribution is -0.132. The SMILES string of the molecule is C=C1NC(=O)N[C@H](c2cccc(OCc3ccccc3)c2)[C@@H]1C(=O)N(C)C. The van der Waals surface area contributed by atoms with Gasteiger partial charge in [-0.1, -0.05) is 49.0 Å². The number of ether oxygens (including phenoxy) is 1. The Labute approximate surface area is 158 Å². The first-order valence-electron chi connectivity index (χ1n) is 8.70. The third kappa shape index (κ3) is 4.28. The molecule has 2 aromatic carbocycles. The molecule has 3 rings (SSSR count). The van der Waals surface area contributed by atoms with E-state index in [0.29, 0.717) is 18.1 Å². The zero-order valence-corrected chi connectivity index (χ0v) is 15.4. The molecule has 1 heterocycles. The predicted octanol–water partition coefficient (Wildman–Crippen LogP) is 2.84. The summed E-state index contributed by atoms with van der Waals surface area (Å²) in [5, 5.41) is 5.44. The maximum absolute atomic E-state index is 12.6. The number of carbonyl (C=O) groups excluding carboxylic acids is 2. The fourth-order valence-electron chi connectivity index (χ4n) is 3.07. The molecule has 0 spiro atoms. The Morgan fingerprint density at radius 3 is 2.59 bits per heavy atom. The summed E-state index contributed by atoms with van der Waals surface area (Å²) < 4.78 is 5.87. The number of carbonyl (C=O) groups is 2. The number of nitrogens with zero attached hydrogens (tertiary/aromatic N) is 1. The van der Waals surface area contributed by atoms with Crippen LogP contribution >= 0.6 is 0 Å². The lowest BCUT2D eigenvalue weighted by Gasteiger charge is -2.35. The van der Waals surface area contributed by atoms with Crippen molar-refractivity contribution in [2.24, 2.45) is 5.92 Å². The highest BCUT2D eigenvalue weighted by Gasteiger charge is 2.38. The van der Waals surface area contributed by atoms with Crippen LogP contribution in [0.5, 0.6) is 5.75 Å². The van der Waals surface area contributed by atoms with Gasteiger partial charge in [-0.25, -0.2) is 4.79 Å². The highest BCUT2D eigenvalue weighted by atomic mass is 16.5. The third-order valence-corrected chi connectivity index (χ3v) is 4.44. The predicted molar refractivity (Wildman–Crippen MR) is 103 cm³/mol. The second-order valence-corrected chi connectivity index (χ2v) is 6.66. The van der Waals surface area contributed by atoms with Gasteiger partial charge in [-0.15, -0.1) is 0 Å². The average molecular weight is 365 g/mol. The van der Waals surface area contributed by atoms with Gasteiger partial charge in [-0.2, -0.15) is 0 Å². The Kier molecular flexibility index (Phi) is 5.45. The molecule has 1 aliphatic rings. The van der Waals surface area contributed by atoms with Gasteiger partial charge in [0.25, 0.3) is 0 Å². The van der Waals surface area contributed by atoms with Crippen molar-refractivity contribution in [2.45, 2.75) is 12.6 Å². The zero-order chi connectivity index (χ0) is 19.4. The van der Waals surface area contributed by atoms with E-state index >= 15 is 0 Å². The molecule has 0 bridgehead atoms. The second kappa shape index (κ2) is 7.95. The van der Waals surface area contributed by atoms with Crippen molar-refractivity contribution in [1.29, 1.82) is 0 Å². The molecule has 6 nitrogen and oxygen atoms in total. The number of amides is 3. The molecule has 0 saturated carbocycles. The molecular weight excluding hydrogens is 342 g/mol. The number of nitrogens with one attached hydrogen (secondary N) is 2. The number of hydrogen-bond donors (Lipinski definition) is 2. The van der Waals surface area contributed by atoms with Crippen LogP contribution in [0.25, 0.3) is 0 Å². The van der Waals surface area contributed by atoms with Crippen LogP contribution in [0.2, 0.25) is 0 Å². The molecule has 0 aliphatic carbocycles. The van der Waals surface area contributed by atoms with E-state index < -0.39 is 12.0 Å². The first-order valence-corrected chi connectivity index (χ1v) is 8.70. The van der Waals surface area contributed by atoms with Crippen molar-refractivity contribution in [1.82, 2.24) is 15.5 Å². The molecule has 140 valence electrons. The molecule has 2 atom stereocenters. The number of benzene rings is 2. The fourth-order valence-corrected chi connectivity index (χ4v) is 3.07. The highest BCUT2D eigenvalue weighted by molar-refractivity contribution is 5.87. The minimum Gasteiger partial charge on any atom is -0.489 e. The Hall–Kier alpha value is -3.28. The largest absolute Gasteiger partial charge is 0.489 e. The summed E-state index contributed by atoms with van der Waals surface area (Å²) in [5.41, 5.74) is 2.24. The lowest BCUT2D eigenvalue weighted by atomic mass is 9.88. The van der Waals surface area contributed by atoms with E-state index in [-0.39, 0.29) is 11.9 Å². The van der Waals surface area contributed by atoms with Gasteiger partial charge in [0.05, 0.1) is 6.04 Å². The first-order chi connectivity index (χ1) is 13.0. The van der Waals surface area contributed by atoms with Crippen LogP contribution in [0.3, 0.4) is 0 Å². The summed E-state index contributed by atoms with van der Waals surface area (Å²) in [6, 6.07) is 16.4. The van der Waals surface area contributed by atoms with Crippen LogP contribution in [-0.2, 0) is 11.4 Å². The van der Waals surface area contributed by atoms with Crippen molar-refractivity contribution >= 4 is 11.9 Å². The molecule has 0 aromatic heterocycles. The van der Waals surface area contributed by atoms with Crippen molar-refractivity contribution < 1.29 is 14.3 Å². The summed E-state index contributed by atoms with van der Waals surface area (Å²) in [7, 11) is 3.37. The Bertz CT molecular complexity index is 849. The average Bonchev–Trinajstić information content (AvgIpc) is 2.66. The molecule has 0 unspecified atom stereocenters. The van der Waals surface area contributed by atoms with Crippen molar-refractivity contribution in [3.63, 3.8) is 0 Å².